The molecule has 0 aliphatic heterocycles. The summed E-state index contributed by atoms with van der Waals surface area (Å²) in [6, 6.07) is 12.3. The summed E-state index contributed by atoms with van der Waals surface area (Å²) in [5, 5.41) is 13.7. The normalized spacial score (nSPS) is 11.1. The maximum Gasteiger partial charge on any atom is 0.336 e. The van der Waals surface area contributed by atoms with Crippen molar-refractivity contribution in [1.29, 1.82) is 0 Å². The molecule has 4 aromatic rings. The fraction of sp³-hybridized carbons (Fsp3) is 0.286. The van der Waals surface area contributed by atoms with Crippen molar-refractivity contribution in [2.45, 2.75) is 39.7 Å². The molecule has 0 atom stereocenters. The van der Waals surface area contributed by atoms with Gasteiger partial charge in [0.05, 0.1) is 12.2 Å². The summed E-state index contributed by atoms with van der Waals surface area (Å²) in [7, 11) is 0. The van der Waals surface area contributed by atoms with Crippen LogP contribution in [0.5, 0.6) is 0 Å². The van der Waals surface area contributed by atoms with Crippen molar-refractivity contribution in [1.82, 2.24) is 14.9 Å². The smallest absolute Gasteiger partial charge is 0.336 e. The molecule has 204 valence electrons. The number of benzene rings is 2. The Kier molecular flexibility index (Phi) is 9.08. The van der Waals surface area contributed by atoms with Crippen LogP contribution < -0.4 is 5.32 Å². The molecule has 11 heteroatoms. The maximum atomic E-state index is 13.1. The number of hydrogen-bond acceptors (Lipinski definition) is 6. The van der Waals surface area contributed by atoms with Crippen LogP contribution in [0, 0.1) is 0 Å². The molecule has 0 aliphatic rings. The van der Waals surface area contributed by atoms with Gasteiger partial charge in [-0.2, -0.15) is 0 Å². The van der Waals surface area contributed by atoms with E-state index in [2.05, 4.69) is 33.2 Å². The lowest BCUT2D eigenvalue weighted by Gasteiger charge is -2.13. The second kappa shape index (κ2) is 12.5. The zero-order valence-electron chi connectivity index (χ0n) is 21.4. The van der Waals surface area contributed by atoms with Gasteiger partial charge < -0.3 is 24.1 Å². The molecule has 0 radical (unpaired) electrons. The van der Waals surface area contributed by atoms with Gasteiger partial charge in [0.25, 0.3) is 5.91 Å². The van der Waals surface area contributed by atoms with Crippen molar-refractivity contribution >= 4 is 56.1 Å². The van der Waals surface area contributed by atoms with Gasteiger partial charge in [0.15, 0.2) is 9.82 Å². The van der Waals surface area contributed by atoms with Crippen molar-refractivity contribution in [2.24, 2.45) is 0 Å². The van der Waals surface area contributed by atoms with Crippen LogP contribution in [0.15, 0.2) is 51.6 Å². The zero-order valence-corrected chi connectivity index (χ0v) is 23.8. The monoisotopic (exact) mass is 615 g/mol. The quantitative estimate of drug-likeness (QED) is 0.195. The highest BCUT2D eigenvalue weighted by atomic mass is 79.9. The molecule has 0 saturated carbocycles. The van der Waals surface area contributed by atoms with Crippen molar-refractivity contribution < 1.29 is 28.6 Å². The van der Waals surface area contributed by atoms with E-state index in [0.717, 1.165) is 29.2 Å². The third-order valence-electron chi connectivity index (χ3n) is 6.15. The molecule has 0 spiro atoms. The van der Waals surface area contributed by atoms with E-state index in [1.54, 1.807) is 29.7 Å². The molecule has 0 saturated heterocycles. The molecule has 2 N–H and O–H groups in total. The number of nitrogens with one attached hydrogen (secondary N) is 1. The van der Waals surface area contributed by atoms with Crippen molar-refractivity contribution in [3.8, 4) is 11.3 Å². The van der Waals surface area contributed by atoms with Gasteiger partial charge in [0.2, 0.25) is 0 Å². The Morgan fingerprint density at radius 1 is 1.15 bits per heavy atom. The van der Waals surface area contributed by atoms with Crippen LogP contribution in [0.25, 0.3) is 22.1 Å². The van der Waals surface area contributed by atoms with Crippen LogP contribution in [0.4, 0.5) is 0 Å². The summed E-state index contributed by atoms with van der Waals surface area (Å²) < 4.78 is 13.1. The van der Waals surface area contributed by atoms with Gasteiger partial charge in [-0.25, -0.2) is 9.78 Å². The molecule has 39 heavy (non-hydrogen) atoms. The first-order valence-electron chi connectivity index (χ1n) is 12.5. The predicted octanol–water partition coefficient (Wildman–Crippen LogP) is 6.09. The maximum absolute atomic E-state index is 13.1. The van der Waals surface area contributed by atoms with Gasteiger partial charge in [-0.3, -0.25) is 9.59 Å². The molecule has 9 nitrogen and oxygen atoms in total. The molecule has 0 aliphatic carbocycles. The van der Waals surface area contributed by atoms with Crippen LogP contribution in [-0.4, -0.2) is 45.7 Å². The number of halogens is 2. The number of rotatable bonds is 11. The number of imidazole rings is 1. The average Bonchev–Trinajstić information content (AvgIpc) is 3.41. The number of carboxylic acids is 1. The van der Waals surface area contributed by atoms with E-state index in [0.29, 0.717) is 28.2 Å². The van der Waals surface area contributed by atoms with Crippen LogP contribution in [0.1, 0.15) is 58.9 Å². The second-order valence-electron chi connectivity index (χ2n) is 8.78. The summed E-state index contributed by atoms with van der Waals surface area (Å²) in [5.41, 5.74) is 1.61. The van der Waals surface area contributed by atoms with E-state index in [1.165, 1.54) is 6.07 Å². The number of aromatic carboxylic acids is 1. The Hall–Kier alpha value is -3.63. The molecular formula is C28H27BrClN3O6. The first-order chi connectivity index (χ1) is 18.7. The molecule has 0 fully saturated rings. The fourth-order valence-electron chi connectivity index (χ4n) is 4.33. The molecule has 2 aromatic heterocycles. The third kappa shape index (κ3) is 6.17. The number of nitrogens with zero attached hydrogens (tertiary/aromatic N) is 2. The highest BCUT2D eigenvalue weighted by Gasteiger charge is 2.24. The Labute approximate surface area is 238 Å². The Bertz CT molecular complexity index is 1540. The van der Waals surface area contributed by atoms with Gasteiger partial charge in [-0.1, -0.05) is 55.3 Å². The van der Waals surface area contributed by atoms with E-state index in [4.69, 9.17) is 20.8 Å². The predicted molar refractivity (Wildman–Crippen MR) is 150 cm³/mol. The molecule has 0 unspecified atom stereocenters. The number of esters is 1. The summed E-state index contributed by atoms with van der Waals surface area (Å²) in [5.74, 6) is -1.02. The average molecular weight is 617 g/mol. The van der Waals surface area contributed by atoms with E-state index < -0.39 is 17.8 Å². The van der Waals surface area contributed by atoms with Crippen LogP contribution in [0.3, 0.4) is 0 Å². The van der Waals surface area contributed by atoms with Crippen LogP contribution >= 0.6 is 27.5 Å². The van der Waals surface area contributed by atoms with Crippen molar-refractivity contribution in [3.63, 3.8) is 0 Å². The molecule has 1 amide bonds. The van der Waals surface area contributed by atoms with Gasteiger partial charge in [0.1, 0.15) is 23.8 Å². The molecule has 4 rings (SSSR count). The number of hydrogen-bond donors (Lipinski definition) is 2. The number of fused-ring (bicyclic) bond motifs is 1. The van der Waals surface area contributed by atoms with Crippen molar-refractivity contribution in [2.75, 3.05) is 13.2 Å². The fourth-order valence-corrected chi connectivity index (χ4v) is 5.10. The highest BCUT2D eigenvalue weighted by molar-refractivity contribution is 9.10. The lowest BCUT2D eigenvalue weighted by Crippen LogP contribution is -2.32. The minimum atomic E-state index is -1.05. The number of carbonyl (C=O) groups excluding carboxylic acids is 2. The zero-order chi connectivity index (χ0) is 28.1. The first-order valence-corrected chi connectivity index (χ1v) is 13.6. The second-order valence-corrected chi connectivity index (χ2v) is 9.86. The molecule has 2 heterocycles. The lowest BCUT2D eigenvalue weighted by atomic mass is 10.0. The SMILES string of the molecule is CCCCc1nc(Cl)c(C(=O)NCC(=O)OCC)n1Cc1ccc2c(-c3ccccc3C(=O)O)oc(Br)c2c1. The minimum absolute atomic E-state index is 0.0561. The van der Waals surface area contributed by atoms with E-state index in [1.807, 2.05) is 18.2 Å². The number of aryl methyl sites for hydroxylation is 1. The number of ether oxygens (including phenoxy) is 1. The largest absolute Gasteiger partial charge is 0.478 e. The number of unbranched alkanes of at least 4 members (excludes halogenated alkanes) is 1. The number of furan rings is 1. The highest BCUT2D eigenvalue weighted by Crippen LogP contribution is 2.39. The minimum Gasteiger partial charge on any atom is -0.478 e. The summed E-state index contributed by atoms with van der Waals surface area (Å²) in [4.78, 5) is 41.0. The van der Waals surface area contributed by atoms with E-state index >= 15 is 0 Å². The van der Waals surface area contributed by atoms with Gasteiger partial charge in [-0.15, -0.1) is 0 Å². The van der Waals surface area contributed by atoms with Crippen LogP contribution in [-0.2, 0) is 22.5 Å². The van der Waals surface area contributed by atoms with Crippen LogP contribution in [0.2, 0.25) is 5.15 Å². The Morgan fingerprint density at radius 2 is 1.92 bits per heavy atom. The van der Waals surface area contributed by atoms with Gasteiger partial charge in [0, 0.05) is 29.3 Å². The van der Waals surface area contributed by atoms with Gasteiger partial charge >= 0.3 is 11.9 Å². The summed E-state index contributed by atoms with van der Waals surface area (Å²) in [6.07, 6.45) is 2.41. The number of amides is 1. The Morgan fingerprint density at radius 3 is 2.64 bits per heavy atom. The summed E-state index contributed by atoms with van der Waals surface area (Å²) in [6.45, 7) is 3.97. The molecule has 0 bridgehead atoms. The molecular weight excluding hydrogens is 590 g/mol. The topological polar surface area (TPSA) is 124 Å². The lowest BCUT2D eigenvalue weighted by molar-refractivity contribution is -0.141. The standard InChI is InChI=1S/C28H27BrClN3O6/c1-3-5-10-21-32-26(30)23(27(35)31-14-22(34)38-4-2)33(21)15-16-11-12-18-20(13-16)25(29)39-24(18)17-8-6-7-9-19(17)28(36)37/h6-9,11-13H,3-5,10,14-15H2,1-2H3,(H,31,35)(H,36,37). The number of carbonyl (C=O) groups is 3. The van der Waals surface area contributed by atoms with Crippen molar-refractivity contribution in [3.05, 3.63) is 74.9 Å². The number of carboxylic acid groups (broad SMARTS) is 1. The number of aromatic nitrogens is 2. The summed E-state index contributed by atoms with van der Waals surface area (Å²) >= 11 is 9.89. The van der Waals surface area contributed by atoms with E-state index in [9.17, 15) is 19.5 Å². The van der Waals surface area contributed by atoms with Gasteiger partial charge in [-0.05, 0) is 47.0 Å². The van der Waals surface area contributed by atoms with E-state index in [-0.39, 0.29) is 36.1 Å². The third-order valence-corrected chi connectivity index (χ3v) is 7.00. The first kappa shape index (κ1) is 28.4. The molecule has 2 aromatic carbocycles. The Balaban J connectivity index is 1.71.